The Morgan fingerprint density at radius 2 is 2.00 bits per heavy atom. The van der Waals surface area contributed by atoms with Crippen LogP contribution in [0.15, 0.2) is 24.3 Å². The SMILES string of the molecule is COC1CCC(Nc2c(C)c(C)nc3ccccc23)C1. The molecule has 1 aromatic carbocycles. The predicted molar refractivity (Wildman–Crippen MR) is 83.3 cm³/mol. The molecule has 106 valence electrons. The van der Waals surface area contributed by atoms with Crippen molar-refractivity contribution >= 4 is 16.6 Å². The number of hydrogen-bond acceptors (Lipinski definition) is 3. The van der Waals surface area contributed by atoms with Gasteiger partial charge in [0, 0.05) is 29.9 Å². The molecule has 3 nitrogen and oxygen atoms in total. The van der Waals surface area contributed by atoms with Crippen LogP contribution in [-0.4, -0.2) is 24.2 Å². The maximum atomic E-state index is 5.47. The summed E-state index contributed by atoms with van der Waals surface area (Å²) >= 11 is 0. The van der Waals surface area contributed by atoms with E-state index in [1.54, 1.807) is 0 Å². The number of hydrogen-bond donors (Lipinski definition) is 1. The Morgan fingerprint density at radius 3 is 2.75 bits per heavy atom. The summed E-state index contributed by atoms with van der Waals surface area (Å²) in [5.41, 5.74) is 4.67. The Labute approximate surface area is 120 Å². The third kappa shape index (κ3) is 2.38. The molecule has 0 aliphatic heterocycles. The van der Waals surface area contributed by atoms with Crippen LogP contribution in [-0.2, 0) is 4.74 Å². The molecule has 1 aliphatic rings. The highest BCUT2D eigenvalue weighted by atomic mass is 16.5. The lowest BCUT2D eigenvalue weighted by molar-refractivity contribution is 0.108. The molecule has 1 aromatic heterocycles. The predicted octanol–water partition coefficient (Wildman–Crippen LogP) is 3.83. The maximum absolute atomic E-state index is 5.47. The van der Waals surface area contributed by atoms with Crippen LogP contribution in [0.1, 0.15) is 30.5 Å². The molecule has 1 aliphatic carbocycles. The summed E-state index contributed by atoms with van der Waals surface area (Å²) in [5, 5.41) is 4.96. The van der Waals surface area contributed by atoms with Crippen molar-refractivity contribution in [3.05, 3.63) is 35.5 Å². The van der Waals surface area contributed by atoms with E-state index < -0.39 is 0 Å². The summed E-state index contributed by atoms with van der Waals surface area (Å²) in [5.74, 6) is 0. The molecular formula is C17H22N2O. The van der Waals surface area contributed by atoms with Crippen molar-refractivity contribution in [3.8, 4) is 0 Å². The average molecular weight is 270 g/mol. The standard InChI is InChI=1S/C17H22N2O/c1-11-12(2)18-16-7-5-4-6-15(16)17(11)19-13-8-9-14(10-13)20-3/h4-7,13-14H,8-10H2,1-3H3,(H,18,19). The highest BCUT2D eigenvalue weighted by molar-refractivity contribution is 5.93. The molecule has 20 heavy (non-hydrogen) atoms. The number of para-hydroxylation sites is 1. The topological polar surface area (TPSA) is 34.1 Å². The van der Waals surface area contributed by atoms with Gasteiger partial charge in [0.1, 0.15) is 0 Å². The van der Waals surface area contributed by atoms with Gasteiger partial charge in [0.2, 0.25) is 0 Å². The van der Waals surface area contributed by atoms with Gasteiger partial charge in [0.05, 0.1) is 11.6 Å². The third-order valence-corrected chi connectivity index (χ3v) is 4.45. The minimum Gasteiger partial charge on any atom is -0.381 e. The summed E-state index contributed by atoms with van der Waals surface area (Å²) in [6, 6.07) is 8.87. The Hall–Kier alpha value is -1.61. The van der Waals surface area contributed by atoms with E-state index in [2.05, 4.69) is 42.3 Å². The second-order valence-corrected chi connectivity index (χ2v) is 5.73. The van der Waals surface area contributed by atoms with Gasteiger partial charge in [0.15, 0.2) is 0 Å². The Balaban J connectivity index is 1.96. The molecule has 0 amide bonds. The zero-order chi connectivity index (χ0) is 14.1. The van der Waals surface area contributed by atoms with Gasteiger partial charge in [0.25, 0.3) is 0 Å². The molecular weight excluding hydrogens is 248 g/mol. The maximum Gasteiger partial charge on any atom is 0.0726 e. The van der Waals surface area contributed by atoms with Crippen LogP contribution in [0, 0.1) is 13.8 Å². The summed E-state index contributed by atoms with van der Waals surface area (Å²) in [7, 11) is 1.81. The van der Waals surface area contributed by atoms with Gasteiger partial charge in [-0.05, 0) is 44.7 Å². The first-order chi connectivity index (χ1) is 9.69. The van der Waals surface area contributed by atoms with Crippen molar-refractivity contribution in [1.29, 1.82) is 0 Å². The zero-order valence-electron chi connectivity index (χ0n) is 12.4. The lowest BCUT2D eigenvalue weighted by atomic mass is 10.1. The van der Waals surface area contributed by atoms with Gasteiger partial charge in [-0.2, -0.15) is 0 Å². The molecule has 2 aromatic rings. The van der Waals surface area contributed by atoms with E-state index in [4.69, 9.17) is 4.74 Å². The Bertz CT molecular complexity index is 624. The van der Waals surface area contributed by atoms with Crippen molar-refractivity contribution < 1.29 is 4.74 Å². The number of pyridine rings is 1. The van der Waals surface area contributed by atoms with E-state index in [-0.39, 0.29) is 0 Å². The number of rotatable bonds is 3. The summed E-state index contributed by atoms with van der Waals surface area (Å²) in [6.07, 6.45) is 3.82. The molecule has 1 heterocycles. The number of methoxy groups -OCH3 is 1. The Morgan fingerprint density at radius 1 is 1.20 bits per heavy atom. The first kappa shape index (κ1) is 13.4. The van der Waals surface area contributed by atoms with Crippen LogP contribution < -0.4 is 5.32 Å². The van der Waals surface area contributed by atoms with Crippen molar-refractivity contribution in [2.45, 2.75) is 45.3 Å². The number of fused-ring (bicyclic) bond motifs is 1. The van der Waals surface area contributed by atoms with E-state index >= 15 is 0 Å². The lowest BCUT2D eigenvalue weighted by Gasteiger charge is -2.19. The largest absolute Gasteiger partial charge is 0.381 e. The third-order valence-electron chi connectivity index (χ3n) is 4.45. The monoisotopic (exact) mass is 270 g/mol. The number of nitrogens with one attached hydrogen (secondary N) is 1. The molecule has 2 atom stereocenters. The van der Waals surface area contributed by atoms with E-state index in [1.807, 2.05) is 13.2 Å². The molecule has 1 fully saturated rings. The summed E-state index contributed by atoms with van der Waals surface area (Å²) < 4.78 is 5.47. The van der Waals surface area contributed by atoms with Gasteiger partial charge in [-0.25, -0.2) is 0 Å². The Kier molecular flexibility index (Phi) is 3.62. The van der Waals surface area contributed by atoms with E-state index in [0.717, 1.165) is 24.1 Å². The van der Waals surface area contributed by atoms with Crippen LogP contribution in [0.5, 0.6) is 0 Å². The van der Waals surface area contributed by atoms with Crippen LogP contribution in [0.2, 0.25) is 0 Å². The fourth-order valence-corrected chi connectivity index (χ4v) is 3.11. The summed E-state index contributed by atoms with van der Waals surface area (Å²) in [6.45, 7) is 4.24. The molecule has 3 rings (SSSR count). The normalized spacial score (nSPS) is 22.4. The minimum atomic E-state index is 0.405. The van der Waals surface area contributed by atoms with Crippen LogP contribution >= 0.6 is 0 Å². The van der Waals surface area contributed by atoms with Gasteiger partial charge in [-0.15, -0.1) is 0 Å². The molecule has 1 saturated carbocycles. The molecule has 2 unspecified atom stereocenters. The van der Waals surface area contributed by atoms with Crippen LogP contribution in [0.25, 0.3) is 10.9 Å². The minimum absolute atomic E-state index is 0.405. The first-order valence-corrected chi connectivity index (χ1v) is 7.34. The number of benzene rings is 1. The quantitative estimate of drug-likeness (QED) is 0.920. The number of aryl methyl sites for hydroxylation is 1. The second-order valence-electron chi connectivity index (χ2n) is 5.73. The molecule has 0 saturated heterocycles. The number of anilines is 1. The lowest BCUT2D eigenvalue weighted by Crippen LogP contribution is -2.18. The highest BCUT2D eigenvalue weighted by Gasteiger charge is 2.25. The van der Waals surface area contributed by atoms with Crippen molar-refractivity contribution in [3.63, 3.8) is 0 Å². The first-order valence-electron chi connectivity index (χ1n) is 7.34. The fraction of sp³-hybridized carbons (Fsp3) is 0.471. The number of nitrogens with zero attached hydrogens (tertiary/aromatic N) is 1. The second kappa shape index (κ2) is 5.41. The molecule has 1 N–H and O–H groups in total. The fourth-order valence-electron chi connectivity index (χ4n) is 3.11. The average Bonchev–Trinajstić information content (AvgIpc) is 2.91. The zero-order valence-corrected chi connectivity index (χ0v) is 12.4. The molecule has 0 radical (unpaired) electrons. The molecule has 0 bridgehead atoms. The number of ether oxygens (including phenoxy) is 1. The smallest absolute Gasteiger partial charge is 0.0726 e. The van der Waals surface area contributed by atoms with Crippen molar-refractivity contribution in [2.24, 2.45) is 0 Å². The van der Waals surface area contributed by atoms with E-state index in [9.17, 15) is 0 Å². The highest BCUT2D eigenvalue weighted by Crippen LogP contribution is 2.31. The van der Waals surface area contributed by atoms with E-state index in [1.165, 1.54) is 23.1 Å². The molecule has 3 heteroatoms. The van der Waals surface area contributed by atoms with Gasteiger partial charge < -0.3 is 10.1 Å². The summed E-state index contributed by atoms with van der Waals surface area (Å²) in [4.78, 5) is 4.68. The van der Waals surface area contributed by atoms with Crippen molar-refractivity contribution in [2.75, 3.05) is 12.4 Å². The molecule has 0 spiro atoms. The number of aromatic nitrogens is 1. The van der Waals surface area contributed by atoms with E-state index in [0.29, 0.717) is 12.1 Å². The van der Waals surface area contributed by atoms with Crippen LogP contribution in [0.3, 0.4) is 0 Å². The van der Waals surface area contributed by atoms with Gasteiger partial charge >= 0.3 is 0 Å². The van der Waals surface area contributed by atoms with Gasteiger partial charge in [-0.1, -0.05) is 18.2 Å². The van der Waals surface area contributed by atoms with Crippen molar-refractivity contribution in [1.82, 2.24) is 4.98 Å². The van der Waals surface area contributed by atoms with Crippen LogP contribution in [0.4, 0.5) is 5.69 Å². The van der Waals surface area contributed by atoms with Gasteiger partial charge in [-0.3, -0.25) is 4.98 Å².